The highest BCUT2D eigenvalue weighted by molar-refractivity contribution is 5.94. The van der Waals surface area contributed by atoms with Gasteiger partial charge >= 0.3 is 0 Å². The van der Waals surface area contributed by atoms with Crippen molar-refractivity contribution in [3.05, 3.63) is 59.9 Å². The Bertz CT molecular complexity index is 1080. The number of rotatable bonds is 7. The first-order valence-electron chi connectivity index (χ1n) is 11.7. The van der Waals surface area contributed by atoms with E-state index < -0.39 is 0 Å². The number of para-hydroxylation sites is 2. The Morgan fingerprint density at radius 3 is 2.56 bits per heavy atom. The minimum Gasteiger partial charge on any atom is -0.483 e. The Kier molecular flexibility index (Phi) is 9.04. The molecule has 1 aliphatic heterocycles. The predicted molar refractivity (Wildman–Crippen MR) is 135 cm³/mol. The molecule has 1 atom stereocenters. The number of nitrogens with one attached hydrogen (secondary N) is 1. The van der Waals surface area contributed by atoms with Crippen molar-refractivity contribution in [2.75, 3.05) is 32.5 Å². The second-order valence-electron chi connectivity index (χ2n) is 8.85. The van der Waals surface area contributed by atoms with Gasteiger partial charge in [0, 0.05) is 30.9 Å². The fraction of sp³-hybridized carbons (Fsp3) is 0.423. The number of anilines is 1. The molecule has 0 aliphatic carbocycles. The van der Waals surface area contributed by atoms with Crippen LogP contribution in [0.25, 0.3) is 11.0 Å². The lowest BCUT2D eigenvalue weighted by atomic mass is 9.98. The molecule has 1 unspecified atom stereocenters. The molecule has 0 spiro atoms. The number of carbonyl (C=O) groups is 2. The predicted octanol–water partition coefficient (Wildman–Crippen LogP) is 3.83. The fourth-order valence-electron chi connectivity index (χ4n) is 4.41. The van der Waals surface area contributed by atoms with Crippen LogP contribution in [-0.4, -0.2) is 70.1 Å². The van der Waals surface area contributed by atoms with E-state index in [9.17, 15) is 4.79 Å². The summed E-state index contributed by atoms with van der Waals surface area (Å²) in [6.45, 7) is 2.26. The summed E-state index contributed by atoms with van der Waals surface area (Å²) in [4.78, 5) is 30.5. The van der Waals surface area contributed by atoms with E-state index in [0.717, 1.165) is 60.5 Å². The molecule has 0 radical (unpaired) electrons. The Morgan fingerprint density at radius 2 is 1.88 bits per heavy atom. The maximum atomic E-state index is 13.2. The van der Waals surface area contributed by atoms with Gasteiger partial charge in [0.15, 0.2) is 0 Å². The Morgan fingerprint density at radius 1 is 1.18 bits per heavy atom. The smallest absolute Gasteiger partial charge is 0.290 e. The molecule has 3 aromatic rings. The van der Waals surface area contributed by atoms with E-state index in [-0.39, 0.29) is 12.4 Å². The monoisotopic (exact) mass is 465 g/mol. The SMILES string of the molecule is CN(C)CCC1CCCCN1C(=O)c1ccc(NCc2nc3ccccc3n2C)cc1.O=CO. The first kappa shape index (κ1) is 25.2. The van der Waals surface area contributed by atoms with Crippen molar-refractivity contribution >= 4 is 29.1 Å². The topological polar surface area (TPSA) is 90.7 Å². The van der Waals surface area contributed by atoms with Gasteiger partial charge in [-0.3, -0.25) is 9.59 Å². The molecule has 8 nitrogen and oxygen atoms in total. The minimum atomic E-state index is -0.250. The van der Waals surface area contributed by atoms with E-state index in [1.807, 2.05) is 49.5 Å². The van der Waals surface area contributed by atoms with E-state index in [2.05, 4.69) is 39.8 Å². The van der Waals surface area contributed by atoms with Crippen LogP contribution in [0.2, 0.25) is 0 Å². The largest absolute Gasteiger partial charge is 0.483 e. The molecule has 1 aliphatic rings. The number of piperidine rings is 1. The maximum Gasteiger partial charge on any atom is 0.290 e. The number of likely N-dealkylation sites (tertiary alicyclic amines) is 1. The molecule has 1 aromatic heterocycles. The van der Waals surface area contributed by atoms with Gasteiger partial charge in [-0.05, 0) is 82.7 Å². The number of nitrogens with zero attached hydrogens (tertiary/aromatic N) is 4. The highest BCUT2D eigenvalue weighted by Gasteiger charge is 2.27. The van der Waals surface area contributed by atoms with Crippen molar-refractivity contribution in [1.82, 2.24) is 19.4 Å². The molecular formula is C26H35N5O3. The first-order valence-corrected chi connectivity index (χ1v) is 11.7. The van der Waals surface area contributed by atoms with Crippen LogP contribution in [-0.2, 0) is 18.4 Å². The summed E-state index contributed by atoms with van der Waals surface area (Å²) in [6.07, 6.45) is 4.46. The van der Waals surface area contributed by atoms with Crippen molar-refractivity contribution in [3.63, 3.8) is 0 Å². The number of amides is 1. The van der Waals surface area contributed by atoms with Crippen molar-refractivity contribution in [2.45, 2.75) is 38.3 Å². The zero-order valence-electron chi connectivity index (χ0n) is 20.3. The zero-order chi connectivity index (χ0) is 24.5. The molecule has 0 saturated carbocycles. The summed E-state index contributed by atoms with van der Waals surface area (Å²) in [5.41, 5.74) is 3.90. The van der Waals surface area contributed by atoms with E-state index in [1.165, 1.54) is 6.42 Å². The van der Waals surface area contributed by atoms with E-state index in [0.29, 0.717) is 12.6 Å². The molecule has 1 saturated heterocycles. The Balaban J connectivity index is 0.00000103. The molecule has 1 fully saturated rings. The van der Waals surface area contributed by atoms with Crippen LogP contribution in [0.3, 0.4) is 0 Å². The van der Waals surface area contributed by atoms with Gasteiger partial charge in [0.2, 0.25) is 0 Å². The van der Waals surface area contributed by atoms with Gasteiger partial charge in [-0.1, -0.05) is 12.1 Å². The van der Waals surface area contributed by atoms with Crippen LogP contribution in [0.1, 0.15) is 41.9 Å². The lowest BCUT2D eigenvalue weighted by molar-refractivity contribution is -0.122. The van der Waals surface area contributed by atoms with Crippen LogP contribution in [0.5, 0.6) is 0 Å². The van der Waals surface area contributed by atoms with E-state index >= 15 is 0 Å². The molecule has 2 aromatic carbocycles. The summed E-state index contributed by atoms with van der Waals surface area (Å²) in [5.74, 6) is 1.14. The number of carboxylic acid groups (broad SMARTS) is 1. The van der Waals surface area contributed by atoms with Gasteiger partial charge < -0.3 is 24.8 Å². The molecule has 1 amide bonds. The van der Waals surface area contributed by atoms with Crippen LogP contribution in [0.4, 0.5) is 5.69 Å². The number of fused-ring (bicyclic) bond motifs is 1. The maximum absolute atomic E-state index is 13.2. The highest BCUT2D eigenvalue weighted by atomic mass is 16.3. The van der Waals surface area contributed by atoms with Gasteiger partial charge in [-0.2, -0.15) is 0 Å². The van der Waals surface area contributed by atoms with Gasteiger partial charge in [-0.15, -0.1) is 0 Å². The van der Waals surface area contributed by atoms with Gasteiger partial charge in [0.25, 0.3) is 12.4 Å². The third kappa shape index (κ3) is 6.35. The molecular weight excluding hydrogens is 430 g/mol. The molecule has 182 valence electrons. The van der Waals surface area contributed by atoms with Crippen LogP contribution >= 0.6 is 0 Å². The number of hydrogen-bond acceptors (Lipinski definition) is 5. The van der Waals surface area contributed by atoms with Gasteiger partial charge in [0.1, 0.15) is 5.82 Å². The van der Waals surface area contributed by atoms with Crippen LogP contribution in [0, 0.1) is 0 Å². The summed E-state index contributed by atoms with van der Waals surface area (Å²) in [7, 11) is 6.22. The summed E-state index contributed by atoms with van der Waals surface area (Å²) in [5, 5.41) is 10.3. The summed E-state index contributed by atoms with van der Waals surface area (Å²) in [6, 6.07) is 16.4. The van der Waals surface area contributed by atoms with Gasteiger partial charge in [0.05, 0.1) is 17.6 Å². The fourth-order valence-corrected chi connectivity index (χ4v) is 4.41. The van der Waals surface area contributed by atoms with Gasteiger partial charge in [-0.25, -0.2) is 4.98 Å². The number of aryl methyl sites for hydroxylation is 1. The Hall–Kier alpha value is -3.39. The van der Waals surface area contributed by atoms with Crippen LogP contribution in [0.15, 0.2) is 48.5 Å². The number of aromatic nitrogens is 2. The lowest BCUT2D eigenvalue weighted by Gasteiger charge is -2.36. The molecule has 4 rings (SSSR count). The average Bonchev–Trinajstić information content (AvgIpc) is 3.17. The average molecular weight is 466 g/mol. The molecule has 0 bridgehead atoms. The molecule has 2 N–H and O–H groups in total. The third-order valence-corrected chi connectivity index (χ3v) is 6.26. The van der Waals surface area contributed by atoms with E-state index in [4.69, 9.17) is 14.9 Å². The molecule has 8 heteroatoms. The Labute approximate surface area is 201 Å². The van der Waals surface area contributed by atoms with Crippen LogP contribution < -0.4 is 5.32 Å². The minimum absolute atomic E-state index is 0.158. The highest BCUT2D eigenvalue weighted by Crippen LogP contribution is 2.23. The number of hydrogen-bond donors (Lipinski definition) is 2. The summed E-state index contributed by atoms with van der Waals surface area (Å²) < 4.78 is 2.12. The van der Waals surface area contributed by atoms with E-state index in [1.54, 1.807) is 0 Å². The standard InChI is InChI=1S/C25H33N5O.CH2O2/c1-28(2)17-15-21-8-6-7-16-30(21)25(31)19-11-13-20(14-12-19)26-18-24-27-22-9-4-5-10-23(22)29(24)3;2-1-3/h4-5,9-14,21,26H,6-8,15-18H2,1-3H3;1H,(H,2,3). The molecule has 34 heavy (non-hydrogen) atoms. The second kappa shape index (κ2) is 12.2. The molecule has 2 heterocycles. The second-order valence-corrected chi connectivity index (χ2v) is 8.85. The normalized spacial score (nSPS) is 15.6. The van der Waals surface area contributed by atoms with Crippen molar-refractivity contribution in [1.29, 1.82) is 0 Å². The first-order chi connectivity index (χ1) is 16.4. The zero-order valence-corrected chi connectivity index (χ0v) is 20.3. The van der Waals surface area contributed by atoms with Crippen molar-refractivity contribution in [3.8, 4) is 0 Å². The number of benzene rings is 2. The van der Waals surface area contributed by atoms with Crippen molar-refractivity contribution < 1.29 is 14.7 Å². The number of imidazole rings is 1. The third-order valence-electron chi connectivity index (χ3n) is 6.26. The van der Waals surface area contributed by atoms with Crippen molar-refractivity contribution in [2.24, 2.45) is 7.05 Å². The number of carbonyl (C=O) groups excluding carboxylic acids is 1. The quantitative estimate of drug-likeness (QED) is 0.516. The lowest BCUT2D eigenvalue weighted by Crippen LogP contribution is -2.44. The summed E-state index contributed by atoms with van der Waals surface area (Å²) >= 11 is 0.